The second kappa shape index (κ2) is 6.13. The molecule has 0 aliphatic carbocycles. The third kappa shape index (κ3) is 2.55. The van der Waals surface area contributed by atoms with Gasteiger partial charge in [-0.05, 0) is 30.3 Å². The third-order valence-corrected chi connectivity index (χ3v) is 6.03. The molecule has 2 aliphatic heterocycles. The topological polar surface area (TPSA) is 42.7 Å². The van der Waals surface area contributed by atoms with E-state index in [2.05, 4.69) is 15.9 Å². The van der Waals surface area contributed by atoms with Gasteiger partial charge in [0.1, 0.15) is 23.5 Å². The minimum absolute atomic E-state index is 0.0563. The largest absolute Gasteiger partial charge is 0.491 e. The first-order chi connectivity index (χ1) is 13.8. The first-order valence-electron chi connectivity index (χ1n) is 8.81. The van der Waals surface area contributed by atoms with Crippen molar-refractivity contribution < 1.29 is 27.1 Å². The third-order valence-electron chi connectivity index (χ3n) is 5.37. The van der Waals surface area contributed by atoms with Crippen LogP contribution in [0.2, 0.25) is 0 Å². The molecule has 0 N–H and O–H groups in total. The van der Waals surface area contributed by atoms with Gasteiger partial charge in [-0.3, -0.25) is 4.79 Å². The van der Waals surface area contributed by atoms with Gasteiger partial charge in [-0.1, -0.05) is 40.2 Å². The number of rotatable bonds is 2. The molecular weight excluding hydrogens is 451 g/mol. The molecule has 0 fully saturated rings. The summed E-state index contributed by atoms with van der Waals surface area (Å²) in [6.07, 6.45) is -4.58. The van der Waals surface area contributed by atoms with Gasteiger partial charge in [0.25, 0.3) is 0 Å². The zero-order valence-corrected chi connectivity index (χ0v) is 16.4. The molecule has 2 aromatic carbocycles. The average Bonchev–Trinajstić information content (AvgIpc) is 3.36. The van der Waals surface area contributed by atoms with Crippen LogP contribution in [0.5, 0.6) is 5.75 Å². The quantitative estimate of drug-likeness (QED) is 0.518. The number of anilines is 1. The highest BCUT2D eigenvalue weighted by Gasteiger charge is 2.57. The molecule has 0 saturated heterocycles. The molecule has 3 heterocycles. The van der Waals surface area contributed by atoms with Crippen molar-refractivity contribution in [2.75, 3.05) is 11.5 Å². The number of fused-ring (bicyclic) bond motifs is 4. The average molecular weight is 464 g/mol. The van der Waals surface area contributed by atoms with E-state index in [4.69, 9.17) is 9.15 Å². The van der Waals surface area contributed by atoms with Crippen molar-refractivity contribution >= 4 is 27.5 Å². The highest BCUT2D eigenvalue weighted by atomic mass is 79.9. The number of ether oxygens (including phenoxy) is 1. The number of hydrogen-bond acceptors (Lipinski definition) is 3. The number of amides is 1. The maximum atomic E-state index is 13.7. The Bertz CT molecular complexity index is 1140. The zero-order valence-electron chi connectivity index (χ0n) is 14.8. The maximum absolute atomic E-state index is 13.7. The van der Waals surface area contributed by atoms with Crippen LogP contribution in [0.3, 0.4) is 0 Å². The van der Waals surface area contributed by atoms with Crippen molar-refractivity contribution in [1.29, 1.82) is 0 Å². The van der Waals surface area contributed by atoms with Gasteiger partial charge in [-0.15, -0.1) is 0 Å². The Labute approximate surface area is 172 Å². The van der Waals surface area contributed by atoms with Crippen LogP contribution in [0.4, 0.5) is 18.9 Å². The molecular formula is C21H13BrF3NO3. The van der Waals surface area contributed by atoms with Gasteiger partial charge in [0.15, 0.2) is 0 Å². The summed E-state index contributed by atoms with van der Waals surface area (Å²) in [5.74, 6) is -0.658. The molecule has 3 aromatic rings. The van der Waals surface area contributed by atoms with E-state index in [9.17, 15) is 18.0 Å². The highest BCUT2D eigenvalue weighted by Crippen LogP contribution is 2.54. The zero-order chi connectivity index (χ0) is 20.4. The van der Waals surface area contributed by atoms with E-state index < -0.39 is 17.4 Å². The number of nitrogens with zero attached hydrogens (tertiary/aromatic N) is 1. The van der Waals surface area contributed by atoms with Crippen LogP contribution in [0.1, 0.15) is 22.6 Å². The Balaban J connectivity index is 1.62. The lowest BCUT2D eigenvalue weighted by molar-refractivity contribution is -0.153. The molecule has 148 valence electrons. The first-order valence-corrected chi connectivity index (χ1v) is 9.61. The molecule has 5 rings (SSSR count). The first kappa shape index (κ1) is 18.3. The fourth-order valence-corrected chi connectivity index (χ4v) is 4.82. The standard InChI is InChI=1S/C21H13BrF3NO3/c22-14-5-3-6-15-18(14)20(11-28-16-7-2-1-4-13(16)20)19(27)26(15)10-12-8-9-17(29-12)21(23,24)25/h1-9H,10-11H2. The van der Waals surface area contributed by atoms with Crippen LogP contribution in [-0.2, 0) is 22.9 Å². The summed E-state index contributed by atoms with van der Waals surface area (Å²) >= 11 is 3.55. The van der Waals surface area contributed by atoms with E-state index in [-0.39, 0.29) is 24.8 Å². The molecule has 2 aliphatic rings. The Kier molecular flexibility index (Phi) is 3.87. The number of furan rings is 1. The summed E-state index contributed by atoms with van der Waals surface area (Å²) < 4.78 is 50.2. The van der Waals surface area contributed by atoms with Gasteiger partial charge < -0.3 is 14.1 Å². The van der Waals surface area contributed by atoms with Crippen LogP contribution in [0, 0.1) is 0 Å². The molecule has 1 aromatic heterocycles. The summed E-state index contributed by atoms with van der Waals surface area (Å²) in [6.45, 7) is 0.0194. The van der Waals surface area contributed by atoms with Crippen molar-refractivity contribution in [3.63, 3.8) is 0 Å². The second-order valence-electron chi connectivity index (χ2n) is 6.98. The van der Waals surface area contributed by atoms with Crippen LogP contribution in [0.15, 0.2) is 63.5 Å². The summed E-state index contributed by atoms with van der Waals surface area (Å²) in [4.78, 5) is 15.1. The van der Waals surface area contributed by atoms with Gasteiger partial charge in [-0.2, -0.15) is 13.2 Å². The van der Waals surface area contributed by atoms with Gasteiger partial charge in [0.05, 0.1) is 12.2 Å². The van der Waals surface area contributed by atoms with Gasteiger partial charge in [0.2, 0.25) is 11.7 Å². The van der Waals surface area contributed by atoms with Crippen LogP contribution < -0.4 is 9.64 Å². The molecule has 0 saturated carbocycles. The molecule has 0 bridgehead atoms. The Hall–Kier alpha value is -2.74. The highest BCUT2D eigenvalue weighted by molar-refractivity contribution is 9.10. The minimum atomic E-state index is -4.58. The summed E-state index contributed by atoms with van der Waals surface area (Å²) in [5, 5.41) is 0. The number of carbonyl (C=O) groups is 1. The lowest BCUT2D eigenvalue weighted by atomic mass is 9.77. The fraction of sp³-hybridized carbons (Fsp3) is 0.190. The van der Waals surface area contributed by atoms with E-state index in [0.717, 1.165) is 21.7 Å². The fourth-order valence-electron chi connectivity index (χ4n) is 4.13. The van der Waals surface area contributed by atoms with Crippen LogP contribution in [-0.4, -0.2) is 12.5 Å². The van der Waals surface area contributed by atoms with E-state index in [1.807, 2.05) is 24.3 Å². The number of para-hydroxylation sites is 1. The number of carbonyl (C=O) groups excluding carboxylic acids is 1. The van der Waals surface area contributed by atoms with Crippen molar-refractivity contribution in [1.82, 2.24) is 0 Å². The monoisotopic (exact) mass is 463 g/mol. The molecule has 1 atom stereocenters. The number of alkyl halides is 3. The van der Waals surface area contributed by atoms with E-state index in [0.29, 0.717) is 11.4 Å². The second-order valence-corrected chi connectivity index (χ2v) is 7.83. The molecule has 1 unspecified atom stereocenters. The lowest BCUT2D eigenvalue weighted by Gasteiger charge is -2.23. The van der Waals surface area contributed by atoms with Crippen LogP contribution >= 0.6 is 15.9 Å². The molecule has 1 amide bonds. The van der Waals surface area contributed by atoms with E-state index >= 15 is 0 Å². The predicted octanol–water partition coefficient (Wildman–Crippen LogP) is 5.29. The smallest absolute Gasteiger partial charge is 0.449 e. The summed E-state index contributed by atoms with van der Waals surface area (Å²) in [6, 6.07) is 14.8. The predicted molar refractivity (Wildman–Crippen MR) is 102 cm³/mol. The number of benzene rings is 2. The Morgan fingerprint density at radius 3 is 2.62 bits per heavy atom. The Morgan fingerprint density at radius 2 is 1.86 bits per heavy atom. The Morgan fingerprint density at radius 1 is 1.07 bits per heavy atom. The summed E-state index contributed by atoms with van der Waals surface area (Å²) in [7, 11) is 0. The van der Waals surface area contributed by atoms with Crippen molar-refractivity contribution in [2.24, 2.45) is 0 Å². The number of halogens is 4. The molecule has 4 nitrogen and oxygen atoms in total. The van der Waals surface area contributed by atoms with Gasteiger partial charge >= 0.3 is 6.18 Å². The SMILES string of the molecule is O=C1N(Cc2ccc(C(F)(F)F)o2)c2cccc(Br)c2C12COc1ccccc12. The summed E-state index contributed by atoms with van der Waals surface area (Å²) in [5.41, 5.74) is 1.06. The van der Waals surface area contributed by atoms with E-state index in [1.165, 1.54) is 11.0 Å². The number of hydrogen-bond donors (Lipinski definition) is 0. The van der Waals surface area contributed by atoms with Crippen molar-refractivity contribution in [2.45, 2.75) is 18.1 Å². The lowest BCUT2D eigenvalue weighted by Crippen LogP contribution is -2.42. The molecule has 8 heteroatoms. The van der Waals surface area contributed by atoms with Crippen LogP contribution in [0.25, 0.3) is 0 Å². The van der Waals surface area contributed by atoms with Crippen molar-refractivity contribution in [3.8, 4) is 5.75 Å². The minimum Gasteiger partial charge on any atom is -0.491 e. The van der Waals surface area contributed by atoms with Crippen molar-refractivity contribution in [3.05, 3.63) is 81.7 Å². The van der Waals surface area contributed by atoms with E-state index in [1.54, 1.807) is 18.2 Å². The van der Waals surface area contributed by atoms with Gasteiger partial charge in [0, 0.05) is 15.6 Å². The molecule has 1 spiro atoms. The normalized spacial score (nSPS) is 20.1. The maximum Gasteiger partial charge on any atom is 0.449 e. The van der Waals surface area contributed by atoms with Gasteiger partial charge in [-0.25, -0.2) is 0 Å². The molecule has 0 radical (unpaired) electrons. The molecule has 29 heavy (non-hydrogen) atoms.